The highest BCUT2D eigenvalue weighted by molar-refractivity contribution is 6.31. The third-order valence-corrected chi connectivity index (χ3v) is 2.31. The van der Waals surface area contributed by atoms with Crippen LogP contribution in [0.25, 0.3) is 0 Å². The van der Waals surface area contributed by atoms with Crippen LogP contribution >= 0.6 is 11.6 Å². The molecule has 5 nitrogen and oxygen atoms in total. The van der Waals surface area contributed by atoms with E-state index in [1.807, 2.05) is 19.0 Å². The predicted octanol–water partition coefficient (Wildman–Crippen LogP) is 1.99. The Hall–Kier alpha value is -2.01. The molecule has 0 spiro atoms. The summed E-state index contributed by atoms with van der Waals surface area (Å²) in [5.74, 6) is -1.70. The maximum Gasteiger partial charge on any atom is 0.328 e. The van der Waals surface area contributed by atoms with E-state index in [1.165, 1.54) is 0 Å². The number of benzene rings is 1. The summed E-state index contributed by atoms with van der Waals surface area (Å²) >= 11 is 5.85. The zero-order valence-electron chi connectivity index (χ0n) is 9.98. The van der Waals surface area contributed by atoms with Gasteiger partial charge in [-0.1, -0.05) is 11.6 Å². The first-order valence-corrected chi connectivity index (χ1v) is 5.47. The van der Waals surface area contributed by atoms with E-state index < -0.39 is 11.9 Å². The summed E-state index contributed by atoms with van der Waals surface area (Å²) in [7, 11) is 3.65. The zero-order chi connectivity index (χ0) is 13.7. The average molecular weight is 269 g/mol. The molecule has 0 fully saturated rings. The molecule has 0 aromatic heterocycles. The van der Waals surface area contributed by atoms with Crippen molar-refractivity contribution in [1.82, 2.24) is 0 Å². The molecule has 96 valence electrons. The molecule has 1 amide bonds. The number of carboxylic acid groups (broad SMARTS) is 1. The molecule has 6 heteroatoms. The van der Waals surface area contributed by atoms with Crippen molar-refractivity contribution in [3.05, 3.63) is 35.4 Å². The lowest BCUT2D eigenvalue weighted by Gasteiger charge is -2.17. The number of carboxylic acids is 1. The lowest BCUT2D eigenvalue weighted by Crippen LogP contribution is -2.15. The second-order valence-corrected chi connectivity index (χ2v) is 4.15. The fourth-order valence-electron chi connectivity index (χ4n) is 1.32. The Labute approximate surface area is 110 Å². The quantitative estimate of drug-likeness (QED) is 0.820. The first-order valence-electron chi connectivity index (χ1n) is 5.09. The van der Waals surface area contributed by atoms with Gasteiger partial charge in [-0.3, -0.25) is 4.79 Å². The topological polar surface area (TPSA) is 69.6 Å². The lowest BCUT2D eigenvalue weighted by molar-refractivity contribution is -0.131. The summed E-state index contributed by atoms with van der Waals surface area (Å²) < 4.78 is 0. The Morgan fingerprint density at radius 1 is 1.33 bits per heavy atom. The van der Waals surface area contributed by atoms with Crippen LogP contribution < -0.4 is 10.2 Å². The van der Waals surface area contributed by atoms with Crippen LogP contribution in [0.4, 0.5) is 11.4 Å². The molecule has 0 heterocycles. The Bertz CT molecular complexity index is 498. The number of aliphatic carboxylic acids is 1. The lowest BCUT2D eigenvalue weighted by atomic mass is 10.2. The van der Waals surface area contributed by atoms with E-state index in [4.69, 9.17) is 16.7 Å². The largest absolute Gasteiger partial charge is 0.478 e. The molecule has 0 aliphatic rings. The van der Waals surface area contributed by atoms with Crippen molar-refractivity contribution in [2.45, 2.75) is 0 Å². The number of amides is 1. The van der Waals surface area contributed by atoms with Crippen LogP contribution in [0.1, 0.15) is 0 Å². The second-order valence-electron chi connectivity index (χ2n) is 3.72. The van der Waals surface area contributed by atoms with Crippen molar-refractivity contribution in [2.75, 3.05) is 24.3 Å². The van der Waals surface area contributed by atoms with Gasteiger partial charge in [0.15, 0.2) is 0 Å². The number of halogens is 1. The number of carbonyl (C=O) groups is 2. The fraction of sp³-hybridized carbons (Fsp3) is 0.167. The van der Waals surface area contributed by atoms with Crippen molar-refractivity contribution in [1.29, 1.82) is 0 Å². The average Bonchev–Trinajstić information content (AvgIpc) is 2.26. The van der Waals surface area contributed by atoms with E-state index in [0.29, 0.717) is 10.7 Å². The Morgan fingerprint density at radius 2 is 2.00 bits per heavy atom. The van der Waals surface area contributed by atoms with E-state index >= 15 is 0 Å². The minimum atomic E-state index is -1.18. The van der Waals surface area contributed by atoms with E-state index in [0.717, 1.165) is 17.8 Å². The van der Waals surface area contributed by atoms with Gasteiger partial charge >= 0.3 is 5.97 Å². The molecular weight excluding hydrogens is 256 g/mol. The van der Waals surface area contributed by atoms with E-state index in [2.05, 4.69) is 5.32 Å². The molecule has 1 rings (SSSR count). The summed E-state index contributed by atoms with van der Waals surface area (Å²) in [6, 6.07) is 5.07. The molecule has 0 unspecified atom stereocenters. The molecule has 0 atom stereocenters. The highest BCUT2D eigenvalue weighted by atomic mass is 35.5. The molecule has 0 saturated heterocycles. The monoisotopic (exact) mass is 268 g/mol. The van der Waals surface area contributed by atoms with Crippen molar-refractivity contribution < 1.29 is 14.7 Å². The highest BCUT2D eigenvalue weighted by Gasteiger charge is 2.07. The van der Waals surface area contributed by atoms with Crippen LogP contribution in [0.3, 0.4) is 0 Å². The molecule has 1 aromatic carbocycles. The van der Waals surface area contributed by atoms with Gasteiger partial charge in [0.25, 0.3) is 0 Å². The van der Waals surface area contributed by atoms with Gasteiger partial charge in [0.1, 0.15) is 0 Å². The summed E-state index contributed by atoms with van der Waals surface area (Å²) in [5, 5.41) is 11.5. The molecular formula is C12H13ClN2O3. The summed E-state index contributed by atoms with van der Waals surface area (Å²) in [6.07, 6.45) is 1.72. The highest BCUT2D eigenvalue weighted by Crippen LogP contribution is 2.27. The summed E-state index contributed by atoms with van der Waals surface area (Å²) in [6.45, 7) is 0. The molecule has 0 aliphatic carbocycles. The van der Waals surface area contributed by atoms with Gasteiger partial charge in [0, 0.05) is 31.3 Å². The van der Waals surface area contributed by atoms with Gasteiger partial charge in [0.05, 0.1) is 11.4 Å². The molecule has 0 aliphatic heterocycles. The van der Waals surface area contributed by atoms with Gasteiger partial charge < -0.3 is 15.3 Å². The molecule has 0 saturated carbocycles. The van der Waals surface area contributed by atoms with Gasteiger partial charge in [0.2, 0.25) is 5.91 Å². The van der Waals surface area contributed by atoms with Gasteiger partial charge in [-0.25, -0.2) is 4.79 Å². The number of hydrogen-bond acceptors (Lipinski definition) is 3. The summed E-state index contributed by atoms with van der Waals surface area (Å²) in [4.78, 5) is 23.6. The van der Waals surface area contributed by atoms with Crippen LogP contribution in [-0.4, -0.2) is 31.1 Å². The zero-order valence-corrected chi connectivity index (χ0v) is 10.7. The fourth-order valence-corrected chi connectivity index (χ4v) is 1.49. The Kier molecular flexibility index (Phi) is 4.74. The SMILES string of the molecule is CN(C)c1ccc(Cl)cc1NC(=O)/C=C/C(=O)O. The third-order valence-electron chi connectivity index (χ3n) is 2.08. The van der Waals surface area contributed by atoms with Crippen LogP contribution in [0.5, 0.6) is 0 Å². The predicted molar refractivity (Wildman–Crippen MR) is 71.2 cm³/mol. The Morgan fingerprint density at radius 3 is 2.56 bits per heavy atom. The molecule has 0 bridgehead atoms. The Balaban J connectivity index is 2.92. The number of nitrogens with one attached hydrogen (secondary N) is 1. The number of anilines is 2. The van der Waals surface area contributed by atoms with Crippen molar-refractivity contribution in [2.24, 2.45) is 0 Å². The minimum absolute atomic E-state index is 0.484. The molecule has 18 heavy (non-hydrogen) atoms. The van der Waals surface area contributed by atoms with E-state index in [9.17, 15) is 9.59 Å². The maximum absolute atomic E-state index is 11.5. The smallest absolute Gasteiger partial charge is 0.328 e. The van der Waals surface area contributed by atoms with Gasteiger partial charge in [-0.2, -0.15) is 0 Å². The third kappa shape index (κ3) is 4.10. The maximum atomic E-state index is 11.5. The first-order chi connectivity index (χ1) is 8.40. The standard InChI is InChI=1S/C12H13ClN2O3/c1-15(2)10-4-3-8(13)7-9(10)14-11(16)5-6-12(17)18/h3-7H,1-2H3,(H,14,16)(H,17,18)/b6-5+. The first kappa shape index (κ1) is 14.1. The second kappa shape index (κ2) is 6.07. The van der Waals surface area contributed by atoms with Crippen LogP contribution in [-0.2, 0) is 9.59 Å². The molecule has 2 N–H and O–H groups in total. The van der Waals surface area contributed by atoms with Crippen LogP contribution in [0.2, 0.25) is 5.02 Å². The number of hydrogen-bond donors (Lipinski definition) is 2. The minimum Gasteiger partial charge on any atom is -0.478 e. The molecule has 1 aromatic rings. The van der Waals surface area contributed by atoms with Gasteiger partial charge in [-0.15, -0.1) is 0 Å². The van der Waals surface area contributed by atoms with Crippen LogP contribution in [0, 0.1) is 0 Å². The van der Waals surface area contributed by atoms with Crippen molar-refractivity contribution >= 4 is 34.9 Å². The van der Waals surface area contributed by atoms with E-state index in [-0.39, 0.29) is 0 Å². The normalized spacial score (nSPS) is 10.4. The van der Waals surface area contributed by atoms with Gasteiger partial charge in [-0.05, 0) is 18.2 Å². The summed E-state index contributed by atoms with van der Waals surface area (Å²) in [5.41, 5.74) is 1.30. The number of carbonyl (C=O) groups excluding carboxylic acids is 1. The molecule has 0 radical (unpaired) electrons. The van der Waals surface area contributed by atoms with Crippen LogP contribution in [0.15, 0.2) is 30.4 Å². The van der Waals surface area contributed by atoms with Crippen molar-refractivity contribution in [3.63, 3.8) is 0 Å². The number of nitrogens with zero attached hydrogens (tertiary/aromatic N) is 1. The number of rotatable bonds is 4. The van der Waals surface area contributed by atoms with Crippen molar-refractivity contribution in [3.8, 4) is 0 Å². The van der Waals surface area contributed by atoms with E-state index in [1.54, 1.807) is 18.2 Å².